The first-order chi connectivity index (χ1) is 14.4. The Bertz CT molecular complexity index is 821. The van der Waals surface area contributed by atoms with Gasteiger partial charge >= 0.3 is 0 Å². The molecule has 3 N–H and O–H groups in total. The molecule has 1 aromatic carbocycles. The van der Waals surface area contributed by atoms with Gasteiger partial charge in [0, 0.05) is 13.1 Å². The Kier molecular flexibility index (Phi) is 6.91. The molecule has 1 saturated heterocycles. The van der Waals surface area contributed by atoms with Gasteiger partial charge in [0.1, 0.15) is 24.4 Å². The second kappa shape index (κ2) is 9.60. The topological polar surface area (TPSA) is 117 Å². The lowest BCUT2D eigenvalue weighted by atomic mass is 10.0. The molecular formula is C21H28N4O5. The van der Waals surface area contributed by atoms with Crippen molar-refractivity contribution in [1.29, 1.82) is 0 Å². The van der Waals surface area contributed by atoms with E-state index in [2.05, 4.69) is 16.0 Å². The summed E-state index contributed by atoms with van der Waals surface area (Å²) in [6, 6.07) is 4.90. The van der Waals surface area contributed by atoms with Gasteiger partial charge in [-0.3, -0.25) is 19.2 Å². The average molecular weight is 416 g/mol. The predicted octanol–water partition coefficient (Wildman–Crippen LogP) is 0.0568. The standard InChI is InChI=1S/C21H28N4O5/c1-13(2)18-20(28)22-8-11-30-16-7-4-3-6-14(16)19(27)23-15(12-17(26)24-18)21(29)25-9-5-10-25/h3-4,6-7,13,15,18H,5,8-12H2,1-2H3,(H,22,28)(H,23,27)(H,24,26)/t15-,18-/m0/s1. The highest BCUT2D eigenvalue weighted by molar-refractivity contribution is 6.01. The maximum Gasteiger partial charge on any atom is 0.255 e. The highest BCUT2D eigenvalue weighted by Gasteiger charge is 2.33. The smallest absolute Gasteiger partial charge is 0.255 e. The fourth-order valence-electron chi connectivity index (χ4n) is 3.37. The van der Waals surface area contributed by atoms with Crippen molar-refractivity contribution in [2.24, 2.45) is 5.92 Å². The van der Waals surface area contributed by atoms with Crippen molar-refractivity contribution in [3.05, 3.63) is 29.8 Å². The molecule has 3 rings (SSSR count). The molecule has 0 saturated carbocycles. The average Bonchev–Trinajstić information content (AvgIpc) is 2.66. The first kappa shape index (κ1) is 21.6. The van der Waals surface area contributed by atoms with E-state index in [-0.39, 0.29) is 42.9 Å². The molecule has 2 heterocycles. The summed E-state index contributed by atoms with van der Waals surface area (Å²) in [6.45, 7) is 5.23. The molecule has 4 amide bonds. The Morgan fingerprint density at radius 1 is 1.13 bits per heavy atom. The Hall–Kier alpha value is -3.10. The molecular weight excluding hydrogens is 388 g/mol. The van der Waals surface area contributed by atoms with Gasteiger partial charge in [-0.15, -0.1) is 0 Å². The Morgan fingerprint density at radius 2 is 1.87 bits per heavy atom. The Balaban J connectivity index is 1.88. The molecule has 30 heavy (non-hydrogen) atoms. The third kappa shape index (κ3) is 5.08. The molecule has 1 aromatic rings. The van der Waals surface area contributed by atoms with Crippen LogP contribution in [0, 0.1) is 5.92 Å². The predicted molar refractivity (Wildman–Crippen MR) is 109 cm³/mol. The number of likely N-dealkylation sites (tertiary alicyclic amines) is 1. The first-order valence-corrected chi connectivity index (χ1v) is 10.3. The van der Waals surface area contributed by atoms with Crippen molar-refractivity contribution >= 4 is 23.6 Å². The van der Waals surface area contributed by atoms with Crippen molar-refractivity contribution < 1.29 is 23.9 Å². The third-order valence-electron chi connectivity index (χ3n) is 5.22. The van der Waals surface area contributed by atoms with Crippen LogP contribution >= 0.6 is 0 Å². The molecule has 2 atom stereocenters. The highest BCUT2D eigenvalue weighted by atomic mass is 16.5. The molecule has 2 aliphatic heterocycles. The quantitative estimate of drug-likeness (QED) is 0.630. The molecule has 1 fully saturated rings. The molecule has 9 nitrogen and oxygen atoms in total. The van der Waals surface area contributed by atoms with E-state index in [4.69, 9.17) is 4.74 Å². The molecule has 2 aliphatic rings. The number of rotatable bonds is 2. The SMILES string of the molecule is CC(C)[C@@H]1NC(=O)C[C@@H](C(=O)N2CCC2)NC(=O)c2ccccc2OCCNC1=O. The van der Waals surface area contributed by atoms with Crippen molar-refractivity contribution in [3.8, 4) is 5.75 Å². The maximum absolute atomic E-state index is 12.9. The number of hydrogen-bond donors (Lipinski definition) is 3. The van der Waals surface area contributed by atoms with E-state index >= 15 is 0 Å². The van der Waals surface area contributed by atoms with Crippen LogP contribution in [-0.4, -0.2) is 66.9 Å². The maximum atomic E-state index is 12.9. The van der Waals surface area contributed by atoms with E-state index in [0.717, 1.165) is 6.42 Å². The van der Waals surface area contributed by atoms with E-state index in [0.29, 0.717) is 18.8 Å². The van der Waals surface area contributed by atoms with Crippen LogP contribution in [0.2, 0.25) is 0 Å². The first-order valence-electron chi connectivity index (χ1n) is 10.3. The zero-order chi connectivity index (χ0) is 21.7. The molecule has 162 valence electrons. The normalized spacial score (nSPS) is 23.2. The zero-order valence-electron chi connectivity index (χ0n) is 17.3. The number of para-hydroxylation sites is 1. The molecule has 0 radical (unpaired) electrons. The number of nitrogens with zero attached hydrogens (tertiary/aromatic N) is 1. The number of benzene rings is 1. The van der Waals surface area contributed by atoms with Gasteiger partial charge in [0.25, 0.3) is 5.91 Å². The van der Waals surface area contributed by atoms with Crippen LogP contribution < -0.4 is 20.7 Å². The molecule has 9 heteroatoms. The van der Waals surface area contributed by atoms with Gasteiger partial charge in [0.2, 0.25) is 17.7 Å². The van der Waals surface area contributed by atoms with E-state index in [9.17, 15) is 19.2 Å². The van der Waals surface area contributed by atoms with Crippen LogP contribution in [0.25, 0.3) is 0 Å². The van der Waals surface area contributed by atoms with Crippen molar-refractivity contribution in [1.82, 2.24) is 20.9 Å². The number of nitrogens with one attached hydrogen (secondary N) is 3. The lowest BCUT2D eigenvalue weighted by molar-refractivity contribution is -0.139. The lowest BCUT2D eigenvalue weighted by Crippen LogP contribution is -2.56. The number of hydrogen-bond acceptors (Lipinski definition) is 5. The molecule has 0 unspecified atom stereocenters. The second-order valence-electron chi connectivity index (χ2n) is 7.83. The van der Waals surface area contributed by atoms with Crippen LogP contribution in [0.4, 0.5) is 0 Å². The highest BCUT2D eigenvalue weighted by Crippen LogP contribution is 2.19. The van der Waals surface area contributed by atoms with Gasteiger partial charge < -0.3 is 25.6 Å². The number of fused-ring (bicyclic) bond motifs is 1. The molecule has 0 bridgehead atoms. The summed E-state index contributed by atoms with van der Waals surface area (Å²) in [4.78, 5) is 52.5. The fraction of sp³-hybridized carbons (Fsp3) is 0.524. The van der Waals surface area contributed by atoms with Gasteiger partial charge in [-0.25, -0.2) is 0 Å². The minimum Gasteiger partial charge on any atom is -0.491 e. The van der Waals surface area contributed by atoms with Gasteiger partial charge in [-0.2, -0.15) is 0 Å². The van der Waals surface area contributed by atoms with Crippen molar-refractivity contribution in [3.63, 3.8) is 0 Å². The summed E-state index contributed by atoms with van der Waals surface area (Å²) in [5, 5.41) is 8.14. The monoisotopic (exact) mass is 416 g/mol. The summed E-state index contributed by atoms with van der Waals surface area (Å²) in [5.74, 6) is -1.38. The summed E-state index contributed by atoms with van der Waals surface area (Å²) in [7, 11) is 0. The number of amides is 4. The molecule has 0 spiro atoms. The largest absolute Gasteiger partial charge is 0.491 e. The van der Waals surface area contributed by atoms with Crippen LogP contribution in [0.1, 0.15) is 37.0 Å². The van der Waals surface area contributed by atoms with E-state index < -0.39 is 23.9 Å². The Labute approximate surface area is 175 Å². The van der Waals surface area contributed by atoms with Gasteiger partial charge in [-0.1, -0.05) is 26.0 Å². The van der Waals surface area contributed by atoms with Gasteiger partial charge in [0.15, 0.2) is 0 Å². The molecule has 0 aliphatic carbocycles. The van der Waals surface area contributed by atoms with Gasteiger partial charge in [0.05, 0.1) is 18.5 Å². The minimum atomic E-state index is -1.02. The van der Waals surface area contributed by atoms with Crippen LogP contribution in [0.3, 0.4) is 0 Å². The van der Waals surface area contributed by atoms with Crippen LogP contribution in [0.15, 0.2) is 24.3 Å². The van der Waals surface area contributed by atoms with E-state index in [1.54, 1.807) is 29.2 Å². The lowest BCUT2D eigenvalue weighted by Gasteiger charge is -2.34. The summed E-state index contributed by atoms with van der Waals surface area (Å²) < 4.78 is 5.69. The summed E-state index contributed by atoms with van der Waals surface area (Å²) in [6.07, 6.45) is 0.644. The minimum absolute atomic E-state index is 0.150. The van der Waals surface area contributed by atoms with Crippen LogP contribution in [-0.2, 0) is 14.4 Å². The fourth-order valence-corrected chi connectivity index (χ4v) is 3.37. The zero-order valence-corrected chi connectivity index (χ0v) is 17.3. The number of ether oxygens (including phenoxy) is 1. The second-order valence-corrected chi connectivity index (χ2v) is 7.83. The van der Waals surface area contributed by atoms with E-state index in [1.165, 1.54) is 0 Å². The van der Waals surface area contributed by atoms with Crippen LogP contribution in [0.5, 0.6) is 5.75 Å². The van der Waals surface area contributed by atoms with Crippen molar-refractivity contribution in [2.45, 2.75) is 38.8 Å². The third-order valence-corrected chi connectivity index (χ3v) is 5.22. The van der Waals surface area contributed by atoms with Gasteiger partial charge in [-0.05, 0) is 24.5 Å². The summed E-state index contributed by atoms with van der Waals surface area (Å²) >= 11 is 0. The number of carbonyl (C=O) groups is 4. The molecule has 0 aromatic heterocycles. The van der Waals surface area contributed by atoms with Crippen molar-refractivity contribution in [2.75, 3.05) is 26.2 Å². The van der Waals surface area contributed by atoms with E-state index in [1.807, 2.05) is 13.8 Å². The number of carbonyl (C=O) groups excluding carboxylic acids is 4. The summed E-state index contributed by atoms with van der Waals surface area (Å²) in [5.41, 5.74) is 0.266. The Morgan fingerprint density at radius 3 is 2.53 bits per heavy atom.